The summed E-state index contributed by atoms with van der Waals surface area (Å²) in [6, 6.07) is 20.2. The maximum absolute atomic E-state index is 6.41. The number of halogens is 1. The molecule has 0 bridgehead atoms. The highest BCUT2D eigenvalue weighted by molar-refractivity contribution is 6.30. The Hall–Kier alpha value is -3.18. The van der Waals surface area contributed by atoms with Crippen molar-refractivity contribution in [1.29, 1.82) is 0 Å². The molecule has 3 aliphatic rings. The maximum atomic E-state index is 6.41. The normalized spacial score (nSPS) is 21.0. The Morgan fingerprint density at radius 2 is 1.73 bits per heavy atom. The fourth-order valence-corrected chi connectivity index (χ4v) is 4.45. The highest BCUT2D eigenvalue weighted by Crippen LogP contribution is 2.49. The van der Waals surface area contributed by atoms with Crippen LogP contribution < -0.4 is 14.2 Å². The van der Waals surface area contributed by atoms with Crippen molar-refractivity contribution < 1.29 is 14.2 Å². The summed E-state index contributed by atoms with van der Waals surface area (Å²) in [5, 5.41) is 7.74. The predicted molar refractivity (Wildman–Crippen MR) is 114 cm³/mol. The number of hydrogen-bond acceptors (Lipinski definition) is 5. The lowest BCUT2D eigenvalue weighted by molar-refractivity contribution is -0.0191. The van der Waals surface area contributed by atoms with E-state index in [0.29, 0.717) is 5.02 Å². The van der Waals surface area contributed by atoms with E-state index in [-0.39, 0.29) is 19.1 Å². The molecule has 0 N–H and O–H groups in total. The number of ether oxygens (including phenoxy) is 3. The van der Waals surface area contributed by atoms with Crippen LogP contribution in [0.25, 0.3) is 0 Å². The molecule has 3 aromatic carbocycles. The summed E-state index contributed by atoms with van der Waals surface area (Å²) in [5.41, 5.74) is 5.43. The molecule has 0 aromatic heterocycles. The third-order valence-electron chi connectivity index (χ3n) is 5.82. The van der Waals surface area contributed by atoms with Crippen molar-refractivity contribution in [1.82, 2.24) is 5.01 Å². The molecule has 0 amide bonds. The van der Waals surface area contributed by atoms with E-state index in [1.165, 1.54) is 5.56 Å². The standard InChI is InChI=1S/C24H19ClN2O3/c1-14-2-4-15(5-3-14)19-12-20-18-11-17(25)7-9-21(18)30-24(27(20)26-19)16-6-8-22-23(10-16)29-13-28-22/h2-11,20,24H,12-13H2,1H3/t20-,24-/m1/s1. The SMILES string of the molecule is Cc1ccc(C2=NN3[C@H](C2)c2cc(Cl)ccc2O[C@@H]3c2ccc3c(c2)OCO3)cc1. The van der Waals surface area contributed by atoms with Gasteiger partial charge >= 0.3 is 0 Å². The topological polar surface area (TPSA) is 43.3 Å². The number of fused-ring (bicyclic) bond motifs is 4. The molecule has 6 rings (SSSR count). The summed E-state index contributed by atoms with van der Waals surface area (Å²) in [6.45, 7) is 2.33. The van der Waals surface area contributed by atoms with Crippen LogP contribution in [0.3, 0.4) is 0 Å². The van der Waals surface area contributed by atoms with Gasteiger partial charge in [0.25, 0.3) is 0 Å². The molecule has 0 saturated heterocycles. The van der Waals surface area contributed by atoms with E-state index in [4.69, 9.17) is 30.9 Å². The van der Waals surface area contributed by atoms with Crippen molar-refractivity contribution in [3.05, 3.63) is 87.9 Å². The molecule has 0 fully saturated rings. The van der Waals surface area contributed by atoms with Crippen LogP contribution in [0.15, 0.2) is 65.8 Å². The summed E-state index contributed by atoms with van der Waals surface area (Å²) >= 11 is 6.31. The van der Waals surface area contributed by atoms with Gasteiger partial charge in [-0.25, -0.2) is 5.01 Å². The minimum Gasteiger partial charge on any atom is -0.464 e. The highest BCUT2D eigenvalue weighted by atomic mass is 35.5. The molecule has 30 heavy (non-hydrogen) atoms. The number of benzene rings is 3. The van der Waals surface area contributed by atoms with Crippen molar-refractivity contribution >= 4 is 17.3 Å². The second-order valence-electron chi connectivity index (χ2n) is 7.78. The lowest BCUT2D eigenvalue weighted by atomic mass is 9.95. The number of nitrogens with zero attached hydrogens (tertiary/aromatic N) is 2. The quantitative estimate of drug-likeness (QED) is 0.541. The van der Waals surface area contributed by atoms with Gasteiger partial charge in [-0.05, 0) is 48.9 Å². The Morgan fingerprint density at radius 3 is 2.60 bits per heavy atom. The third kappa shape index (κ3) is 2.81. The zero-order valence-corrected chi connectivity index (χ0v) is 17.1. The first-order valence-corrected chi connectivity index (χ1v) is 10.3. The molecule has 0 spiro atoms. The number of rotatable bonds is 2. The monoisotopic (exact) mass is 418 g/mol. The van der Waals surface area contributed by atoms with Gasteiger partial charge in [0.15, 0.2) is 11.5 Å². The average molecular weight is 419 g/mol. The van der Waals surface area contributed by atoms with E-state index in [1.54, 1.807) is 0 Å². The zero-order valence-electron chi connectivity index (χ0n) is 16.3. The van der Waals surface area contributed by atoms with Crippen molar-refractivity contribution in [2.45, 2.75) is 25.6 Å². The van der Waals surface area contributed by atoms with Gasteiger partial charge in [0.2, 0.25) is 13.0 Å². The summed E-state index contributed by atoms with van der Waals surface area (Å²) < 4.78 is 17.5. The molecule has 5 nitrogen and oxygen atoms in total. The first kappa shape index (κ1) is 17.7. The van der Waals surface area contributed by atoms with Gasteiger partial charge in [-0.2, -0.15) is 5.10 Å². The predicted octanol–water partition coefficient (Wildman–Crippen LogP) is 5.62. The number of aryl methyl sites for hydroxylation is 1. The molecule has 3 heterocycles. The molecule has 0 radical (unpaired) electrons. The second kappa shape index (κ2) is 6.67. The average Bonchev–Trinajstić information content (AvgIpc) is 3.40. The van der Waals surface area contributed by atoms with Gasteiger partial charge in [-0.15, -0.1) is 0 Å². The lowest BCUT2D eigenvalue weighted by Crippen LogP contribution is -2.33. The molecular weight excluding hydrogens is 400 g/mol. The minimum atomic E-state index is -0.360. The van der Waals surface area contributed by atoms with E-state index >= 15 is 0 Å². The second-order valence-corrected chi connectivity index (χ2v) is 8.21. The molecule has 0 aliphatic carbocycles. The Bertz CT molecular complexity index is 1180. The molecule has 2 atom stereocenters. The van der Waals surface area contributed by atoms with Crippen molar-refractivity contribution in [2.75, 3.05) is 6.79 Å². The number of hydrogen-bond donors (Lipinski definition) is 0. The molecule has 6 heteroatoms. The van der Waals surface area contributed by atoms with Crippen molar-refractivity contribution in [2.24, 2.45) is 5.10 Å². The summed E-state index contributed by atoms with van der Waals surface area (Å²) in [5.74, 6) is 2.32. The fraction of sp³-hybridized carbons (Fsp3) is 0.208. The van der Waals surface area contributed by atoms with E-state index < -0.39 is 0 Å². The Kier molecular flexibility index (Phi) is 3.93. The molecular formula is C24H19ClN2O3. The molecule has 0 unspecified atom stereocenters. The Balaban J connectivity index is 1.45. The Morgan fingerprint density at radius 1 is 0.933 bits per heavy atom. The van der Waals surface area contributed by atoms with E-state index in [1.807, 2.05) is 41.4 Å². The van der Waals surface area contributed by atoms with Crippen LogP contribution in [0.4, 0.5) is 0 Å². The zero-order chi connectivity index (χ0) is 20.2. The maximum Gasteiger partial charge on any atom is 0.231 e. The largest absolute Gasteiger partial charge is 0.464 e. The van der Waals surface area contributed by atoms with Crippen LogP contribution >= 0.6 is 11.6 Å². The van der Waals surface area contributed by atoms with Crippen LogP contribution in [-0.4, -0.2) is 17.5 Å². The first-order chi connectivity index (χ1) is 14.7. The molecule has 150 valence electrons. The fourth-order valence-electron chi connectivity index (χ4n) is 4.27. The minimum absolute atomic E-state index is 0.0548. The van der Waals surface area contributed by atoms with Gasteiger partial charge in [0, 0.05) is 22.6 Å². The van der Waals surface area contributed by atoms with Gasteiger partial charge in [-0.1, -0.05) is 41.4 Å². The van der Waals surface area contributed by atoms with E-state index in [9.17, 15) is 0 Å². The van der Waals surface area contributed by atoms with Crippen LogP contribution in [-0.2, 0) is 0 Å². The summed E-state index contributed by atoms with van der Waals surface area (Å²) in [4.78, 5) is 0. The van der Waals surface area contributed by atoms with Crippen molar-refractivity contribution in [3.8, 4) is 17.2 Å². The van der Waals surface area contributed by atoms with E-state index in [0.717, 1.165) is 46.1 Å². The van der Waals surface area contributed by atoms with Crippen LogP contribution in [0.5, 0.6) is 17.2 Å². The molecule has 3 aliphatic heterocycles. The lowest BCUT2D eigenvalue weighted by Gasteiger charge is -2.38. The first-order valence-electron chi connectivity index (χ1n) is 9.94. The van der Waals surface area contributed by atoms with Gasteiger partial charge in [0.1, 0.15) is 5.75 Å². The van der Waals surface area contributed by atoms with Crippen molar-refractivity contribution in [3.63, 3.8) is 0 Å². The summed E-state index contributed by atoms with van der Waals surface area (Å²) in [7, 11) is 0. The Labute approximate surface area is 179 Å². The van der Waals surface area contributed by atoms with Crippen LogP contribution in [0.2, 0.25) is 5.02 Å². The smallest absolute Gasteiger partial charge is 0.231 e. The third-order valence-corrected chi connectivity index (χ3v) is 6.05. The van der Waals surface area contributed by atoms with Gasteiger partial charge in [-0.3, -0.25) is 0 Å². The highest BCUT2D eigenvalue weighted by Gasteiger charge is 2.41. The molecule has 3 aromatic rings. The van der Waals surface area contributed by atoms with Crippen LogP contribution in [0, 0.1) is 6.92 Å². The number of hydrazone groups is 1. The van der Waals surface area contributed by atoms with E-state index in [2.05, 4.69) is 31.2 Å². The van der Waals surface area contributed by atoms with Gasteiger partial charge < -0.3 is 14.2 Å². The molecule has 0 saturated carbocycles. The summed E-state index contributed by atoms with van der Waals surface area (Å²) in [6.07, 6.45) is 0.432. The van der Waals surface area contributed by atoms with Crippen LogP contribution in [0.1, 0.15) is 40.9 Å². The van der Waals surface area contributed by atoms with Gasteiger partial charge in [0.05, 0.1) is 11.8 Å².